The van der Waals surface area contributed by atoms with Gasteiger partial charge in [-0.05, 0) is 42.9 Å². The highest BCUT2D eigenvalue weighted by molar-refractivity contribution is 7.80. The summed E-state index contributed by atoms with van der Waals surface area (Å²) >= 11 is 5.54. The second-order valence-corrected chi connectivity index (χ2v) is 6.31. The predicted octanol–water partition coefficient (Wildman–Crippen LogP) is 3.59. The normalized spacial score (nSPS) is 27.0. The van der Waals surface area contributed by atoms with Gasteiger partial charge in [0, 0.05) is 18.5 Å². The molecule has 2 aliphatic heterocycles. The molecule has 2 aromatic carbocycles. The lowest BCUT2D eigenvalue weighted by atomic mass is 9.87. The van der Waals surface area contributed by atoms with E-state index >= 15 is 0 Å². The number of fused-ring (bicyclic) bond motifs is 6. The molecule has 21 heavy (non-hydrogen) atoms. The van der Waals surface area contributed by atoms with E-state index in [0.717, 1.165) is 23.8 Å². The Bertz CT molecular complexity index is 745. The van der Waals surface area contributed by atoms with Crippen LogP contribution in [0.15, 0.2) is 36.4 Å². The van der Waals surface area contributed by atoms with E-state index in [-0.39, 0.29) is 11.8 Å². The molecule has 2 aromatic rings. The number of hydrogen-bond acceptors (Lipinski definition) is 2. The summed E-state index contributed by atoms with van der Waals surface area (Å²) in [7, 11) is 0. The number of rotatable bonds is 1. The van der Waals surface area contributed by atoms with Crippen LogP contribution in [-0.4, -0.2) is 22.3 Å². The van der Waals surface area contributed by atoms with Crippen LogP contribution in [-0.2, 0) is 0 Å². The van der Waals surface area contributed by atoms with Gasteiger partial charge in [-0.15, -0.1) is 0 Å². The van der Waals surface area contributed by atoms with E-state index < -0.39 is 0 Å². The first-order chi connectivity index (χ1) is 10.1. The Labute approximate surface area is 129 Å². The molecule has 0 aromatic heterocycles. The van der Waals surface area contributed by atoms with E-state index in [1.54, 1.807) is 0 Å². The summed E-state index contributed by atoms with van der Waals surface area (Å²) in [5.41, 5.74) is 0.890. The average Bonchev–Trinajstić information content (AvgIpc) is 2.46. The number of ether oxygens (including phenoxy) is 1. The SMILES string of the molecule is CCN1C(=S)NC2CC1(C)Oc1ccc3ccccc3c12. The molecule has 2 unspecified atom stereocenters. The first kappa shape index (κ1) is 12.9. The third kappa shape index (κ3) is 1.75. The van der Waals surface area contributed by atoms with E-state index in [0.29, 0.717) is 0 Å². The lowest BCUT2D eigenvalue weighted by molar-refractivity contribution is -0.0654. The molecular formula is C17H18N2OS. The fourth-order valence-corrected chi connectivity index (χ4v) is 4.16. The minimum absolute atomic E-state index is 0.222. The Kier molecular flexibility index (Phi) is 2.67. The molecule has 1 saturated heterocycles. The van der Waals surface area contributed by atoms with E-state index in [1.807, 2.05) is 0 Å². The number of nitrogens with one attached hydrogen (secondary N) is 1. The van der Waals surface area contributed by atoms with Crippen molar-refractivity contribution < 1.29 is 4.74 Å². The van der Waals surface area contributed by atoms with Crippen molar-refractivity contribution in [3.8, 4) is 5.75 Å². The van der Waals surface area contributed by atoms with Gasteiger partial charge in [0.05, 0.1) is 6.04 Å². The maximum Gasteiger partial charge on any atom is 0.184 e. The molecule has 2 aliphatic rings. The van der Waals surface area contributed by atoms with Crippen molar-refractivity contribution in [2.75, 3.05) is 6.54 Å². The van der Waals surface area contributed by atoms with Crippen molar-refractivity contribution in [1.29, 1.82) is 0 Å². The molecule has 0 radical (unpaired) electrons. The van der Waals surface area contributed by atoms with Crippen molar-refractivity contribution in [2.24, 2.45) is 0 Å². The van der Waals surface area contributed by atoms with Crippen molar-refractivity contribution in [2.45, 2.75) is 32.0 Å². The van der Waals surface area contributed by atoms with Gasteiger partial charge in [-0.2, -0.15) is 0 Å². The summed E-state index contributed by atoms with van der Waals surface area (Å²) in [6.45, 7) is 5.09. The minimum Gasteiger partial charge on any atom is -0.468 e. The Morgan fingerprint density at radius 3 is 2.95 bits per heavy atom. The summed E-state index contributed by atoms with van der Waals surface area (Å²) in [5, 5.41) is 6.78. The largest absolute Gasteiger partial charge is 0.468 e. The van der Waals surface area contributed by atoms with Gasteiger partial charge in [0.2, 0.25) is 0 Å². The van der Waals surface area contributed by atoms with Crippen LogP contribution >= 0.6 is 12.2 Å². The van der Waals surface area contributed by atoms with E-state index in [2.05, 4.69) is 60.5 Å². The van der Waals surface area contributed by atoms with Crippen LogP contribution in [0.3, 0.4) is 0 Å². The van der Waals surface area contributed by atoms with Gasteiger partial charge in [-0.3, -0.25) is 0 Å². The van der Waals surface area contributed by atoms with Crippen LogP contribution in [0.5, 0.6) is 5.75 Å². The summed E-state index contributed by atoms with van der Waals surface area (Å²) < 4.78 is 6.37. The minimum atomic E-state index is -0.350. The van der Waals surface area contributed by atoms with E-state index in [1.165, 1.54) is 16.3 Å². The van der Waals surface area contributed by atoms with Crippen LogP contribution in [0.2, 0.25) is 0 Å². The number of thiocarbonyl (C=S) groups is 1. The third-order valence-corrected chi connectivity index (χ3v) is 4.96. The third-order valence-electron chi connectivity index (χ3n) is 4.62. The standard InChI is InChI=1S/C17H18N2OS/c1-3-19-16(21)18-13-10-17(19,2)20-14-9-8-11-6-4-5-7-12(11)15(13)14/h4-9,13H,3,10H2,1-2H3,(H,18,21). The van der Waals surface area contributed by atoms with Gasteiger partial charge in [0.15, 0.2) is 10.8 Å². The summed E-state index contributed by atoms with van der Waals surface area (Å²) in [6.07, 6.45) is 0.905. The molecule has 108 valence electrons. The Hall–Kier alpha value is -1.81. The van der Waals surface area contributed by atoms with Crippen molar-refractivity contribution in [3.05, 3.63) is 42.0 Å². The fraction of sp³-hybridized carbons (Fsp3) is 0.353. The molecule has 1 fully saturated rings. The topological polar surface area (TPSA) is 24.5 Å². The van der Waals surface area contributed by atoms with Gasteiger partial charge in [-0.1, -0.05) is 30.3 Å². The number of hydrogen-bond donors (Lipinski definition) is 1. The van der Waals surface area contributed by atoms with Crippen LogP contribution < -0.4 is 10.1 Å². The zero-order valence-corrected chi connectivity index (χ0v) is 13.0. The molecule has 1 N–H and O–H groups in total. The van der Waals surface area contributed by atoms with Crippen LogP contribution in [0, 0.1) is 0 Å². The smallest absolute Gasteiger partial charge is 0.184 e. The quantitative estimate of drug-likeness (QED) is 0.813. The summed E-state index contributed by atoms with van der Waals surface area (Å²) in [4.78, 5) is 2.14. The molecule has 2 bridgehead atoms. The van der Waals surface area contributed by atoms with Gasteiger partial charge in [-0.25, -0.2) is 0 Å². The number of benzene rings is 2. The monoisotopic (exact) mass is 298 g/mol. The van der Waals surface area contributed by atoms with Gasteiger partial charge >= 0.3 is 0 Å². The fourth-order valence-electron chi connectivity index (χ4n) is 3.69. The molecule has 0 aliphatic carbocycles. The molecule has 0 saturated carbocycles. The van der Waals surface area contributed by atoms with Gasteiger partial charge in [0.25, 0.3) is 0 Å². The van der Waals surface area contributed by atoms with Crippen molar-refractivity contribution >= 4 is 28.1 Å². The first-order valence-corrected chi connectivity index (χ1v) is 7.82. The van der Waals surface area contributed by atoms with Crippen LogP contribution in [0.1, 0.15) is 31.9 Å². The number of nitrogens with zero attached hydrogens (tertiary/aromatic N) is 1. The lowest BCUT2D eigenvalue weighted by Gasteiger charge is -2.52. The lowest BCUT2D eigenvalue weighted by Crippen LogP contribution is -2.64. The highest BCUT2D eigenvalue weighted by Crippen LogP contribution is 2.46. The second-order valence-electron chi connectivity index (χ2n) is 5.93. The zero-order valence-electron chi connectivity index (χ0n) is 12.2. The molecule has 0 spiro atoms. The highest BCUT2D eigenvalue weighted by atomic mass is 32.1. The van der Waals surface area contributed by atoms with Crippen molar-refractivity contribution in [1.82, 2.24) is 10.2 Å². The summed E-state index contributed by atoms with van der Waals surface area (Å²) in [5.74, 6) is 0.973. The average molecular weight is 298 g/mol. The Morgan fingerprint density at radius 2 is 2.14 bits per heavy atom. The van der Waals surface area contributed by atoms with Crippen molar-refractivity contribution in [3.63, 3.8) is 0 Å². The zero-order chi connectivity index (χ0) is 14.6. The molecule has 2 atom stereocenters. The highest BCUT2D eigenvalue weighted by Gasteiger charge is 2.47. The van der Waals surface area contributed by atoms with Gasteiger partial charge < -0.3 is 15.0 Å². The molecule has 0 amide bonds. The molecule has 4 heteroatoms. The Morgan fingerprint density at radius 1 is 1.33 bits per heavy atom. The molecular weight excluding hydrogens is 280 g/mol. The van der Waals surface area contributed by atoms with Gasteiger partial charge in [0.1, 0.15) is 5.75 Å². The molecule has 3 nitrogen and oxygen atoms in total. The van der Waals surface area contributed by atoms with Crippen LogP contribution in [0.4, 0.5) is 0 Å². The maximum atomic E-state index is 6.37. The predicted molar refractivity (Wildman–Crippen MR) is 88.5 cm³/mol. The second kappa shape index (κ2) is 4.34. The van der Waals surface area contributed by atoms with E-state index in [4.69, 9.17) is 17.0 Å². The summed E-state index contributed by atoms with van der Waals surface area (Å²) in [6, 6.07) is 12.9. The Balaban J connectivity index is 1.93. The van der Waals surface area contributed by atoms with Crippen LogP contribution in [0.25, 0.3) is 10.8 Å². The molecule has 2 heterocycles. The first-order valence-electron chi connectivity index (χ1n) is 7.41. The maximum absolute atomic E-state index is 6.37. The van der Waals surface area contributed by atoms with E-state index in [9.17, 15) is 0 Å². The molecule has 4 rings (SSSR count).